The van der Waals surface area contributed by atoms with Crippen molar-refractivity contribution in [3.63, 3.8) is 0 Å². The van der Waals surface area contributed by atoms with Crippen molar-refractivity contribution in [1.82, 2.24) is 10.2 Å². The summed E-state index contributed by atoms with van der Waals surface area (Å²) < 4.78 is 5.11. The van der Waals surface area contributed by atoms with E-state index < -0.39 is 56.9 Å². The minimum absolute atomic E-state index is 0.155. The van der Waals surface area contributed by atoms with Crippen LogP contribution < -0.4 is 32.7 Å². The third-order valence-electron chi connectivity index (χ3n) is 5.27. The van der Waals surface area contributed by atoms with Gasteiger partial charge >= 0.3 is 200 Å². The van der Waals surface area contributed by atoms with Crippen molar-refractivity contribution in [2.45, 2.75) is 24.4 Å². The average molecular weight is 578 g/mol. The number of benzene rings is 2. The number of hydrogen-bond acceptors (Lipinski definition) is 7. The topological polar surface area (TPSA) is 119 Å². The van der Waals surface area contributed by atoms with Crippen LogP contribution in [0.15, 0.2) is 71.9 Å². The number of carbonyl (C=O) groups is 4. The van der Waals surface area contributed by atoms with E-state index in [0.717, 1.165) is 0 Å². The SMILES string of the molecule is CC1=C(C(=O)O[I-]C(=O)c2ccccc2)N2C(=O)C(NC(=O)[C@H](N)c3ccccc3)C2SC1. The maximum absolute atomic E-state index is 12.9. The van der Waals surface area contributed by atoms with Gasteiger partial charge in [0.25, 0.3) is 0 Å². The number of nitrogens with two attached hydrogens (primary N) is 1. The van der Waals surface area contributed by atoms with Crippen LogP contribution in [-0.2, 0) is 17.4 Å². The van der Waals surface area contributed by atoms with Gasteiger partial charge in [0.05, 0.1) is 0 Å². The zero-order valence-corrected chi connectivity index (χ0v) is 20.5. The van der Waals surface area contributed by atoms with Gasteiger partial charge in [0.2, 0.25) is 0 Å². The van der Waals surface area contributed by atoms with E-state index in [-0.39, 0.29) is 9.49 Å². The van der Waals surface area contributed by atoms with Crippen molar-refractivity contribution < 1.29 is 43.9 Å². The van der Waals surface area contributed by atoms with Gasteiger partial charge in [0.15, 0.2) is 0 Å². The zero-order chi connectivity index (χ0) is 23.5. The number of hydrogen-bond donors (Lipinski definition) is 2. The quantitative estimate of drug-likeness (QED) is 0.240. The summed E-state index contributed by atoms with van der Waals surface area (Å²) >= 11 is -0.0913. The van der Waals surface area contributed by atoms with Gasteiger partial charge in [-0.15, -0.1) is 0 Å². The van der Waals surface area contributed by atoms with Crippen molar-refractivity contribution in [3.8, 4) is 0 Å². The van der Waals surface area contributed by atoms with Crippen molar-refractivity contribution in [1.29, 1.82) is 0 Å². The molecule has 33 heavy (non-hydrogen) atoms. The van der Waals surface area contributed by atoms with Crippen LogP contribution in [-0.4, -0.2) is 43.6 Å². The molecule has 0 saturated carbocycles. The molecule has 2 aliphatic heterocycles. The number of nitrogens with zero attached hydrogens (tertiary/aromatic N) is 1. The summed E-state index contributed by atoms with van der Waals surface area (Å²) in [6, 6.07) is 15.8. The Hall–Kier alpha value is -2.70. The van der Waals surface area contributed by atoms with E-state index in [0.29, 0.717) is 22.5 Å². The number of nitrogens with one attached hydrogen (secondary N) is 1. The maximum atomic E-state index is 12.9. The summed E-state index contributed by atoms with van der Waals surface area (Å²) in [6.07, 6.45) is 0. The molecule has 10 heteroatoms. The summed E-state index contributed by atoms with van der Waals surface area (Å²) in [7, 11) is 0. The van der Waals surface area contributed by atoms with Crippen LogP contribution in [0.5, 0.6) is 0 Å². The van der Waals surface area contributed by atoms with Crippen LogP contribution in [0.3, 0.4) is 0 Å². The van der Waals surface area contributed by atoms with Crippen molar-refractivity contribution >= 4 is 33.3 Å². The van der Waals surface area contributed by atoms with Gasteiger partial charge in [-0.2, -0.15) is 0 Å². The molecule has 0 spiro atoms. The molecule has 2 aromatic carbocycles. The molecule has 1 saturated heterocycles. The zero-order valence-electron chi connectivity index (χ0n) is 17.6. The fourth-order valence-electron chi connectivity index (χ4n) is 3.54. The van der Waals surface area contributed by atoms with Gasteiger partial charge in [-0.05, 0) is 0 Å². The molecule has 4 rings (SSSR count). The predicted molar refractivity (Wildman–Crippen MR) is 118 cm³/mol. The van der Waals surface area contributed by atoms with Gasteiger partial charge in [-0.3, -0.25) is 0 Å². The fraction of sp³-hybridized carbons (Fsp3) is 0.217. The first-order valence-electron chi connectivity index (χ1n) is 10.1. The molecule has 0 aromatic heterocycles. The molecule has 1 fully saturated rings. The van der Waals surface area contributed by atoms with Crippen LogP contribution in [0.2, 0.25) is 0 Å². The third kappa shape index (κ3) is 4.82. The number of thioether (sulfide) groups is 1. The molecule has 2 amide bonds. The molecular weight excluding hydrogens is 557 g/mol. The third-order valence-corrected chi connectivity index (χ3v) is 8.34. The number of fused-ring (bicyclic) bond motifs is 1. The van der Waals surface area contributed by atoms with Crippen LogP contribution in [0.4, 0.5) is 0 Å². The van der Waals surface area contributed by atoms with E-state index in [9.17, 15) is 19.2 Å². The van der Waals surface area contributed by atoms with E-state index in [4.69, 9.17) is 8.80 Å². The van der Waals surface area contributed by atoms with E-state index in [2.05, 4.69) is 5.32 Å². The number of carbonyl (C=O) groups excluding carboxylic acids is 4. The predicted octanol–water partition coefficient (Wildman–Crippen LogP) is -1.25. The van der Waals surface area contributed by atoms with Gasteiger partial charge in [-0.1, -0.05) is 6.07 Å². The average Bonchev–Trinajstić information content (AvgIpc) is 2.85. The molecule has 2 aromatic rings. The van der Waals surface area contributed by atoms with E-state index >= 15 is 0 Å². The van der Waals surface area contributed by atoms with E-state index in [1.165, 1.54) is 16.7 Å². The fourth-order valence-corrected chi connectivity index (χ4v) is 6.05. The molecule has 2 unspecified atom stereocenters. The van der Waals surface area contributed by atoms with Gasteiger partial charge < -0.3 is 0 Å². The summed E-state index contributed by atoms with van der Waals surface area (Å²) in [5.41, 5.74) is 8.01. The standard InChI is InChI=1S/C23H21IN3O5S/c1-13-12-33-22-17(26-20(29)16(25)14-8-4-2-5-9-14)21(30)27(22)18(13)23(31)32-24-19(28)15-10-6-3-7-11-15/h2-11,16-17,22H,12,25H2,1H3,(H,26,29)/q-1/t16-,17?,22?/m1/s1. The summed E-state index contributed by atoms with van der Waals surface area (Å²) in [5.74, 6) is -1.05. The monoisotopic (exact) mass is 578 g/mol. The van der Waals surface area contributed by atoms with Gasteiger partial charge in [0.1, 0.15) is 0 Å². The molecule has 2 aliphatic rings. The van der Waals surface area contributed by atoms with Crippen LogP contribution >= 0.6 is 11.8 Å². The molecular formula is C23H21IN3O5S-. The first kappa shape index (κ1) is 23.5. The summed E-state index contributed by atoms with van der Waals surface area (Å²) in [4.78, 5) is 51.9. The second-order valence-electron chi connectivity index (χ2n) is 7.49. The van der Waals surface area contributed by atoms with Crippen molar-refractivity contribution in [3.05, 3.63) is 83.1 Å². The Bertz CT molecular complexity index is 1130. The number of halogens is 1. The summed E-state index contributed by atoms with van der Waals surface area (Å²) in [6.45, 7) is 1.75. The van der Waals surface area contributed by atoms with Crippen molar-refractivity contribution in [2.24, 2.45) is 5.73 Å². The Labute approximate surface area is 205 Å². The van der Waals surface area contributed by atoms with Crippen LogP contribution in [0.1, 0.15) is 28.9 Å². The normalized spacial score (nSPS) is 20.5. The second-order valence-corrected chi connectivity index (χ2v) is 10.5. The Balaban J connectivity index is 1.40. The summed E-state index contributed by atoms with van der Waals surface area (Å²) in [5, 5.41) is 2.28. The van der Waals surface area contributed by atoms with Gasteiger partial charge in [-0.25, -0.2) is 0 Å². The number of rotatable bonds is 7. The Kier molecular flexibility index (Phi) is 7.15. The molecule has 8 nitrogen and oxygen atoms in total. The second kappa shape index (κ2) is 10.1. The van der Waals surface area contributed by atoms with Crippen molar-refractivity contribution in [2.75, 3.05) is 5.75 Å². The first-order chi connectivity index (χ1) is 15.9. The van der Waals surface area contributed by atoms with E-state index in [1.54, 1.807) is 61.5 Å². The molecule has 0 radical (unpaired) electrons. The van der Waals surface area contributed by atoms with Gasteiger partial charge in [0, 0.05) is 0 Å². The minimum atomic E-state index is -1.54. The molecule has 3 N–H and O–H groups in total. The van der Waals surface area contributed by atoms with E-state index in [1.807, 2.05) is 6.07 Å². The number of β-lactam (4-membered cyclic amide) rings is 1. The number of amides is 2. The molecule has 0 bridgehead atoms. The Morgan fingerprint density at radius 3 is 2.42 bits per heavy atom. The molecule has 0 aliphatic carbocycles. The van der Waals surface area contributed by atoms with Crippen LogP contribution in [0.25, 0.3) is 0 Å². The molecule has 2 heterocycles. The molecule has 172 valence electrons. The molecule has 3 atom stereocenters. The Morgan fingerprint density at radius 1 is 1.12 bits per heavy atom. The first-order valence-corrected chi connectivity index (χ1v) is 13.1. The van der Waals surface area contributed by atoms with Crippen LogP contribution in [0, 0.1) is 0 Å². The Morgan fingerprint density at radius 2 is 1.76 bits per heavy atom.